The summed E-state index contributed by atoms with van der Waals surface area (Å²) in [5, 5.41) is 3.87. The standard InChI is InChI=1S/C20H24N2O2S2/c1-15-8-9-18(12-16(15)2)21-20(25)22(13-17-6-4-3-5-7-17)19-10-11-26(23,24)14-19/h3-9,12,19H,10-11,13-14H2,1-2H3,(H,21,25)/t19-/m0/s1. The first-order chi connectivity index (χ1) is 12.3. The molecule has 1 aliphatic heterocycles. The van der Waals surface area contributed by atoms with Gasteiger partial charge in [-0.3, -0.25) is 0 Å². The number of benzene rings is 2. The van der Waals surface area contributed by atoms with Crippen LogP contribution in [0.5, 0.6) is 0 Å². The molecule has 1 N–H and O–H groups in total. The molecule has 0 bridgehead atoms. The molecule has 1 heterocycles. The summed E-state index contributed by atoms with van der Waals surface area (Å²) in [5.41, 5.74) is 4.46. The van der Waals surface area contributed by atoms with Gasteiger partial charge in [-0.25, -0.2) is 8.42 Å². The van der Waals surface area contributed by atoms with Gasteiger partial charge in [0.2, 0.25) is 0 Å². The third-order valence-electron chi connectivity index (χ3n) is 4.86. The number of sulfone groups is 1. The molecule has 0 aromatic heterocycles. The predicted molar refractivity (Wildman–Crippen MR) is 111 cm³/mol. The van der Waals surface area contributed by atoms with Gasteiger partial charge in [0, 0.05) is 18.3 Å². The summed E-state index contributed by atoms with van der Waals surface area (Å²) in [6.45, 7) is 4.73. The van der Waals surface area contributed by atoms with Gasteiger partial charge in [0.05, 0.1) is 11.5 Å². The molecule has 4 nitrogen and oxygen atoms in total. The molecule has 0 spiro atoms. The fourth-order valence-corrected chi connectivity index (χ4v) is 5.24. The van der Waals surface area contributed by atoms with Crippen molar-refractivity contribution >= 4 is 32.9 Å². The Bertz CT molecular complexity index is 895. The van der Waals surface area contributed by atoms with Gasteiger partial charge in [0.1, 0.15) is 0 Å². The van der Waals surface area contributed by atoms with E-state index in [-0.39, 0.29) is 17.5 Å². The summed E-state index contributed by atoms with van der Waals surface area (Å²) in [7, 11) is -2.98. The third-order valence-corrected chi connectivity index (χ3v) is 6.95. The number of aryl methyl sites for hydroxylation is 2. The fraction of sp³-hybridized carbons (Fsp3) is 0.350. The maximum absolute atomic E-state index is 12.0. The number of anilines is 1. The highest BCUT2D eigenvalue weighted by Gasteiger charge is 2.33. The van der Waals surface area contributed by atoms with Crippen molar-refractivity contribution in [2.24, 2.45) is 0 Å². The average Bonchev–Trinajstić information content (AvgIpc) is 2.96. The molecule has 3 rings (SSSR count). The average molecular weight is 389 g/mol. The van der Waals surface area contributed by atoms with Crippen molar-refractivity contribution < 1.29 is 8.42 Å². The largest absolute Gasteiger partial charge is 0.341 e. The molecule has 2 aromatic rings. The van der Waals surface area contributed by atoms with E-state index >= 15 is 0 Å². The van der Waals surface area contributed by atoms with Gasteiger partial charge in [0.25, 0.3) is 0 Å². The second-order valence-corrected chi connectivity index (χ2v) is 9.51. The van der Waals surface area contributed by atoms with Gasteiger partial charge >= 0.3 is 0 Å². The highest BCUT2D eigenvalue weighted by atomic mass is 32.2. The first kappa shape index (κ1) is 18.9. The summed E-state index contributed by atoms with van der Waals surface area (Å²) in [6, 6.07) is 16.0. The molecule has 138 valence electrons. The zero-order chi connectivity index (χ0) is 18.7. The van der Waals surface area contributed by atoms with Crippen LogP contribution >= 0.6 is 12.2 Å². The van der Waals surface area contributed by atoms with Crippen molar-refractivity contribution in [2.45, 2.75) is 32.9 Å². The highest BCUT2D eigenvalue weighted by molar-refractivity contribution is 7.91. The number of rotatable bonds is 4. The van der Waals surface area contributed by atoms with E-state index in [1.165, 1.54) is 11.1 Å². The quantitative estimate of drug-likeness (QED) is 0.810. The number of nitrogens with zero attached hydrogens (tertiary/aromatic N) is 1. The number of hydrogen-bond acceptors (Lipinski definition) is 3. The Morgan fingerprint density at radius 2 is 1.88 bits per heavy atom. The Hall–Kier alpha value is -1.92. The first-order valence-corrected chi connectivity index (χ1v) is 11.0. The lowest BCUT2D eigenvalue weighted by Crippen LogP contribution is -2.43. The molecule has 0 aliphatic carbocycles. The van der Waals surface area contributed by atoms with Gasteiger partial charge in [-0.1, -0.05) is 36.4 Å². The van der Waals surface area contributed by atoms with E-state index in [4.69, 9.17) is 12.2 Å². The zero-order valence-corrected chi connectivity index (χ0v) is 16.7. The van der Waals surface area contributed by atoms with Crippen molar-refractivity contribution in [3.8, 4) is 0 Å². The maximum atomic E-state index is 12.0. The topological polar surface area (TPSA) is 49.4 Å². The Labute approximate surface area is 161 Å². The fourth-order valence-electron chi connectivity index (χ4n) is 3.18. The summed E-state index contributed by atoms with van der Waals surface area (Å²) in [5.74, 6) is 0.393. The number of thiocarbonyl (C=S) groups is 1. The van der Waals surface area contributed by atoms with Gasteiger partial charge in [-0.2, -0.15) is 0 Å². The second kappa shape index (κ2) is 7.76. The molecule has 1 atom stereocenters. The molecule has 0 saturated carbocycles. The molecule has 0 radical (unpaired) electrons. The maximum Gasteiger partial charge on any atom is 0.174 e. The summed E-state index contributed by atoms with van der Waals surface area (Å²) < 4.78 is 23.9. The monoisotopic (exact) mass is 388 g/mol. The third kappa shape index (κ3) is 4.62. The molecule has 26 heavy (non-hydrogen) atoms. The van der Waals surface area contributed by atoms with Crippen LogP contribution in [0.3, 0.4) is 0 Å². The van der Waals surface area contributed by atoms with Crippen molar-refractivity contribution in [1.29, 1.82) is 0 Å². The van der Waals surface area contributed by atoms with E-state index < -0.39 is 9.84 Å². The van der Waals surface area contributed by atoms with Crippen LogP contribution in [0.1, 0.15) is 23.1 Å². The van der Waals surface area contributed by atoms with E-state index in [0.717, 1.165) is 11.3 Å². The van der Waals surface area contributed by atoms with Crippen LogP contribution in [0, 0.1) is 13.8 Å². The van der Waals surface area contributed by atoms with Gasteiger partial charge < -0.3 is 10.2 Å². The van der Waals surface area contributed by atoms with E-state index in [2.05, 4.69) is 31.3 Å². The van der Waals surface area contributed by atoms with Gasteiger partial charge in [0.15, 0.2) is 14.9 Å². The lowest BCUT2D eigenvalue weighted by molar-refractivity contribution is 0.332. The van der Waals surface area contributed by atoms with Crippen LogP contribution in [0.25, 0.3) is 0 Å². The highest BCUT2D eigenvalue weighted by Crippen LogP contribution is 2.22. The Morgan fingerprint density at radius 1 is 1.15 bits per heavy atom. The molecule has 2 aromatic carbocycles. The second-order valence-electron chi connectivity index (χ2n) is 6.90. The summed E-state index contributed by atoms with van der Waals surface area (Å²) >= 11 is 5.66. The lowest BCUT2D eigenvalue weighted by atomic mass is 10.1. The van der Waals surface area contributed by atoms with Crippen LogP contribution < -0.4 is 5.32 Å². The van der Waals surface area contributed by atoms with Crippen LogP contribution in [-0.4, -0.2) is 36.0 Å². The van der Waals surface area contributed by atoms with Crippen molar-refractivity contribution in [1.82, 2.24) is 4.90 Å². The van der Waals surface area contributed by atoms with E-state index in [0.29, 0.717) is 18.1 Å². The summed E-state index contributed by atoms with van der Waals surface area (Å²) in [4.78, 5) is 2.02. The minimum Gasteiger partial charge on any atom is -0.341 e. The number of hydrogen-bond donors (Lipinski definition) is 1. The first-order valence-electron chi connectivity index (χ1n) is 8.73. The zero-order valence-electron chi connectivity index (χ0n) is 15.1. The van der Waals surface area contributed by atoms with Crippen molar-refractivity contribution in [2.75, 3.05) is 16.8 Å². The minimum absolute atomic E-state index is 0.0910. The van der Waals surface area contributed by atoms with Gasteiger partial charge in [-0.05, 0) is 61.3 Å². The molecular formula is C20H24N2O2S2. The molecule has 1 fully saturated rings. The Balaban J connectivity index is 1.81. The van der Waals surface area contributed by atoms with Crippen LogP contribution in [0.4, 0.5) is 5.69 Å². The smallest absolute Gasteiger partial charge is 0.174 e. The molecule has 6 heteroatoms. The van der Waals surface area contributed by atoms with Crippen LogP contribution in [0.15, 0.2) is 48.5 Å². The molecular weight excluding hydrogens is 364 g/mol. The van der Waals surface area contributed by atoms with Crippen LogP contribution in [-0.2, 0) is 16.4 Å². The molecule has 0 amide bonds. The Morgan fingerprint density at radius 3 is 2.50 bits per heavy atom. The van der Waals surface area contributed by atoms with E-state index in [1.54, 1.807) is 0 Å². The van der Waals surface area contributed by atoms with Crippen molar-refractivity contribution in [3.05, 3.63) is 65.2 Å². The van der Waals surface area contributed by atoms with E-state index in [1.807, 2.05) is 41.3 Å². The predicted octanol–water partition coefficient (Wildman–Crippen LogP) is 3.69. The van der Waals surface area contributed by atoms with Gasteiger partial charge in [-0.15, -0.1) is 0 Å². The summed E-state index contributed by atoms with van der Waals surface area (Å²) in [6.07, 6.45) is 0.615. The van der Waals surface area contributed by atoms with E-state index in [9.17, 15) is 8.42 Å². The normalized spacial score (nSPS) is 18.5. The lowest BCUT2D eigenvalue weighted by Gasteiger charge is -2.31. The Kier molecular flexibility index (Phi) is 5.63. The van der Waals surface area contributed by atoms with Crippen LogP contribution in [0.2, 0.25) is 0 Å². The minimum atomic E-state index is -2.98. The molecule has 1 saturated heterocycles. The molecule has 0 unspecified atom stereocenters. The SMILES string of the molecule is Cc1ccc(NC(=S)N(Cc2ccccc2)[C@H]2CCS(=O)(=O)C2)cc1C. The van der Waals surface area contributed by atoms with Crippen molar-refractivity contribution in [3.63, 3.8) is 0 Å². The number of nitrogens with one attached hydrogen (secondary N) is 1. The molecule has 1 aliphatic rings.